The maximum atomic E-state index is 14.2. The maximum Gasteiger partial charge on any atom is 0.416 e. The molecule has 5 rings (SSSR count). The van der Waals surface area contributed by atoms with Crippen molar-refractivity contribution in [2.75, 3.05) is 11.9 Å². The molecule has 5 nitrogen and oxygen atoms in total. The number of urea groups is 1. The molecule has 1 aliphatic rings. The predicted octanol–water partition coefficient (Wildman–Crippen LogP) is 7.16. The molecule has 1 aliphatic heterocycles. The summed E-state index contributed by atoms with van der Waals surface area (Å²) in [5.74, 6) is -1.07. The van der Waals surface area contributed by atoms with E-state index in [-0.39, 0.29) is 11.3 Å². The highest BCUT2D eigenvalue weighted by molar-refractivity contribution is 5.90. The summed E-state index contributed by atoms with van der Waals surface area (Å²) in [5.41, 5.74) is 1.05. The molecule has 1 saturated heterocycles. The van der Waals surface area contributed by atoms with Crippen LogP contribution in [0.5, 0.6) is 0 Å². The number of oxazole rings is 1. The minimum Gasteiger partial charge on any atom is -0.438 e. The van der Waals surface area contributed by atoms with E-state index >= 15 is 0 Å². The van der Waals surface area contributed by atoms with Gasteiger partial charge in [0.25, 0.3) is 0 Å². The number of likely N-dealkylation sites (tertiary alicyclic amines) is 1. The molecule has 1 aromatic heterocycles. The second kappa shape index (κ2) is 8.68. The first-order chi connectivity index (χ1) is 16.7. The summed E-state index contributed by atoms with van der Waals surface area (Å²) >= 11 is 0. The summed E-state index contributed by atoms with van der Waals surface area (Å²) in [6.07, 6.45) is -3.18. The Morgan fingerprint density at radius 3 is 2.51 bits per heavy atom. The summed E-state index contributed by atoms with van der Waals surface area (Å²) in [4.78, 5) is 18.9. The van der Waals surface area contributed by atoms with Gasteiger partial charge in [-0.3, -0.25) is 0 Å². The highest BCUT2D eigenvalue weighted by Crippen LogP contribution is 2.35. The van der Waals surface area contributed by atoms with E-state index in [9.17, 15) is 26.7 Å². The van der Waals surface area contributed by atoms with E-state index < -0.39 is 35.4 Å². The summed E-state index contributed by atoms with van der Waals surface area (Å²) in [5, 5.41) is 2.62. The molecule has 1 unspecified atom stereocenters. The van der Waals surface area contributed by atoms with Gasteiger partial charge in [-0.15, -0.1) is 0 Å². The van der Waals surface area contributed by atoms with Crippen LogP contribution in [0.2, 0.25) is 0 Å². The van der Waals surface area contributed by atoms with E-state index in [0.29, 0.717) is 41.9 Å². The number of halogens is 5. The van der Waals surface area contributed by atoms with Gasteiger partial charge in [0.2, 0.25) is 5.89 Å². The van der Waals surface area contributed by atoms with Gasteiger partial charge in [0, 0.05) is 23.9 Å². The van der Waals surface area contributed by atoms with E-state index in [1.54, 1.807) is 18.2 Å². The monoisotopic (exact) mass is 487 g/mol. The van der Waals surface area contributed by atoms with Gasteiger partial charge < -0.3 is 14.6 Å². The van der Waals surface area contributed by atoms with Crippen LogP contribution in [-0.2, 0) is 6.18 Å². The van der Waals surface area contributed by atoms with Crippen molar-refractivity contribution in [3.63, 3.8) is 0 Å². The van der Waals surface area contributed by atoms with Crippen LogP contribution in [0, 0.1) is 11.6 Å². The number of fused-ring (bicyclic) bond motifs is 1. The van der Waals surface area contributed by atoms with Gasteiger partial charge in [0.1, 0.15) is 23.2 Å². The predicted molar refractivity (Wildman–Crippen MR) is 119 cm³/mol. The van der Waals surface area contributed by atoms with Gasteiger partial charge >= 0.3 is 12.2 Å². The van der Waals surface area contributed by atoms with Crippen LogP contribution in [0.25, 0.3) is 22.2 Å². The van der Waals surface area contributed by atoms with Crippen molar-refractivity contribution in [3.8, 4) is 11.1 Å². The van der Waals surface area contributed by atoms with Gasteiger partial charge in [-0.1, -0.05) is 6.07 Å². The number of benzene rings is 3. The molecule has 0 saturated carbocycles. The number of carbonyl (C=O) groups excluding carboxylic acids is 1. The quantitative estimate of drug-likeness (QED) is 0.312. The lowest BCUT2D eigenvalue weighted by atomic mass is 10.0. The smallest absolute Gasteiger partial charge is 0.416 e. The zero-order chi connectivity index (χ0) is 24.7. The highest BCUT2D eigenvalue weighted by atomic mass is 19.4. The Morgan fingerprint density at radius 1 is 1.03 bits per heavy atom. The Kier molecular flexibility index (Phi) is 5.66. The van der Waals surface area contributed by atoms with Gasteiger partial charge in [-0.05, 0) is 66.9 Å². The Balaban J connectivity index is 1.36. The molecule has 2 heterocycles. The molecule has 1 atom stereocenters. The number of nitrogens with one attached hydrogen (secondary N) is 1. The molecule has 2 amide bonds. The second-order valence-electron chi connectivity index (χ2n) is 8.22. The summed E-state index contributed by atoms with van der Waals surface area (Å²) in [7, 11) is 0. The summed E-state index contributed by atoms with van der Waals surface area (Å²) in [6, 6.07) is 11.5. The Bertz CT molecular complexity index is 1400. The van der Waals surface area contributed by atoms with Crippen LogP contribution in [0.15, 0.2) is 65.1 Å². The minimum absolute atomic E-state index is 0.219. The van der Waals surface area contributed by atoms with E-state index in [2.05, 4.69) is 10.3 Å². The van der Waals surface area contributed by atoms with Gasteiger partial charge in [-0.2, -0.15) is 13.2 Å². The largest absolute Gasteiger partial charge is 0.438 e. The number of nitrogens with zero attached hydrogens (tertiary/aromatic N) is 2. The fourth-order valence-corrected chi connectivity index (χ4v) is 4.18. The molecule has 10 heteroatoms. The molecule has 0 spiro atoms. The van der Waals surface area contributed by atoms with Crippen molar-refractivity contribution in [1.29, 1.82) is 0 Å². The molecular weight excluding hydrogens is 469 g/mol. The number of rotatable bonds is 3. The molecule has 35 heavy (non-hydrogen) atoms. The normalized spacial score (nSPS) is 16.1. The number of anilines is 1. The standard InChI is InChI=1S/C25H18F5N3O2/c26-16-6-9-18(19(27)13-16)14-3-10-22-20(12-14)32-23(35-22)21-2-1-11-33(21)24(34)31-17-7-4-15(5-8-17)25(28,29)30/h3-10,12-13,21H,1-2,11H2,(H,31,34). The van der Waals surface area contributed by atoms with Crippen molar-refractivity contribution in [1.82, 2.24) is 9.88 Å². The van der Waals surface area contributed by atoms with Crippen LogP contribution < -0.4 is 5.32 Å². The third kappa shape index (κ3) is 4.55. The maximum absolute atomic E-state index is 14.2. The Labute approximate surface area is 196 Å². The third-order valence-electron chi connectivity index (χ3n) is 5.91. The summed E-state index contributed by atoms with van der Waals surface area (Å²) < 4.78 is 71.6. The van der Waals surface area contributed by atoms with Crippen LogP contribution in [0.4, 0.5) is 32.4 Å². The molecule has 0 aliphatic carbocycles. The number of amides is 2. The van der Waals surface area contributed by atoms with Gasteiger partial charge in [0.05, 0.1) is 5.56 Å². The number of hydrogen-bond donors (Lipinski definition) is 1. The molecule has 0 bridgehead atoms. The van der Waals surface area contributed by atoms with Crippen molar-refractivity contribution in [2.24, 2.45) is 0 Å². The number of alkyl halides is 3. The van der Waals surface area contributed by atoms with Crippen LogP contribution >= 0.6 is 0 Å². The molecule has 3 aromatic carbocycles. The van der Waals surface area contributed by atoms with E-state index in [0.717, 1.165) is 18.2 Å². The Hall–Kier alpha value is -3.95. The van der Waals surface area contributed by atoms with Gasteiger partial charge in [-0.25, -0.2) is 18.6 Å². The van der Waals surface area contributed by atoms with Crippen LogP contribution in [-0.4, -0.2) is 22.5 Å². The number of carbonyl (C=O) groups is 1. The van der Waals surface area contributed by atoms with Crippen LogP contribution in [0.1, 0.15) is 30.3 Å². The second-order valence-corrected chi connectivity index (χ2v) is 8.22. The Morgan fingerprint density at radius 2 is 1.80 bits per heavy atom. The highest BCUT2D eigenvalue weighted by Gasteiger charge is 2.34. The molecular formula is C25H18F5N3O2. The molecule has 180 valence electrons. The van der Waals surface area contributed by atoms with E-state index in [1.165, 1.54) is 29.2 Å². The van der Waals surface area contributed by atoms with E-state index in [4.69, 9.17) is 4.42 Å². The zero-order valence-electron chi connectivity index (χ0n) is 18.1. The lowest BCUT2D eigenvalue weighted by Gasteiger charge is -2.22. The SMILES string of the molecule is O=C(Nc1ccc(C(F)(F)F)cc1)N1CCCC1c1nc2cc(-c3ccc(F)cc3F)ccc2o1. The molecule has 1 fully saturated rings. The topological polar surface area (TPSA) is 58.4 Å². The fraction of sp³-hybridized carbons (Fsp3) is 0.200. The third-order valence-corrected chi connectivity index (χ3v) is 5.91. The van der Waals surface area contributed by atoms with Gasteiger partial charge in [0.15, 0.2) is 5.58 Å². The zero-order valence-corrected chi connectivity index (χ0v) is 18.1. The molecule has 4 aromatic rings. The minimum atomic E-state index is -4.46. The van der Waals surface area contributed by atoms with Crippen molar-refractivity contribution in [3.05, 3.63) is 83.8 Å². The first-order valence-corrected chi connectivity index (χ1v) is 10.8. The van der Waals surface area contributed by atoms with Crippen molar-refractivity contribution < 1.29 is 31.2 Å². The van der Waals surface area contributed by atoms with E-state index in [1.807, 2.05) is 0 Å². The lowest BCUT2D eigenvalue weighted by molar-refractivity contribution is -0.137. The first-order valence-electron chi connectivity index (χ1n) is 10.8. The number of hydrogen-bond acceptors (Lipinski definition) is 3. The first kappa shape index (κ1) is 22.8. The van der Waals surface area contributed by atoms with Crippen LogP contribution in [0.3, 0.4) is 0 Å². The lowest BCUT2D eigenvalue weighted by Crippen LogP contribution is -2.34. The fourth-order valence-electron chi connectivity index (χ4n) is 4.18. The molecule has 0 radical (unpaired) electrons. The number of aromatic nitrogens is 1. The average molecular weight is 487 g/mol. The van der Waals surface area contributed by atoms with Crippen molar-refractivity contribution in [2.45, 2.75) is 25.1 Å². The van der Waals surface area contributed by atoms with Crippen molar-refractivity contribution >= 4 is 22.8 Å². The average Bonchev–Trinajstić information content (AvgIpc) is 3.45. The summed E-state index contributed by atoms with van der Waals surface area (Å²) in [6.45, 7) is 0.419. The molecule has 1 N–H and O–H groups in total.